The van der Waals surface area contributed by atoms with Crippen LogP contribution in [0.15, 0.2) is 30.8 Å². The van der Waals surface area contributed by atoms with Crippen LogP contribution in [0.1, 0.15) is 48.5 Å². The van der Waals surface area contributed by atoms with Gasteiger partial charge in [-0.15, -0.1) is 0 Å². The average Bonchev–Trinajstić information content (AvgIpc) is 3.44. The normalized spacial score (nSPS) is 21.3. The number of rotatable bonds is 5. The zero-order valence-corrected chi connectivity index (χ0v) is 13.5. The molecule has 0 radical (unpaired) electrons. The Labute approximate surface area is 136 Å². The number of amides is 2. The number of benzene rings is 1. The Morgan fingerprint density at radius 2 is 1.91 bits per heavy atom. The first-order chi connectivity index (χ1) is 11.1. The molecule has 0 saturated heterocycles. The molecule has 120 valence electrons. The summed E-state index contributed by atoms with van der Waals surface area (Å²) in [5.74, 6) is 0.609. The van der Waals surface area contributed by atoms with E-state index in [1.54, 1.807) is 11.0 Å². The molecular weight excluding hydrogens is 288 g/mol. The smallest absolute Gasteiger partial charge is 0.259 e. The van der Waals surface area contributed by atoms with Crippen LogP contribution >= 0.6 is 0 Å². The Kier molecular flexibility index (Phi) is 3.29. The van der Waals surface area contributed by atoms with Crippen molar-refractivity contribution in [3.05, 3.63) is 42.0 Å². The molecular formula is C19H22N2O2. The number of carbonyl (C=O) groups is 2. The highest BCUT2D eigenvalue weighted by Gasteiger charge is 2.43. The number of carbonyl (C=O) groups excluding carboxylic acids is 2. The van der Waals surface area contributed by atoms with Crippen molar-refractivity contribution in [2.75, 3.05) is 6.54 Å². The maximum atomic E-state index is 12.9. The molecule has 4 nitrogen and oxygen atoms in total. The molecule has 4 heteroatoms. The second-order valence-corrected chi connectivity index (χ2v) is 6.99. The molecule has 23 heavy (non-hydrogen) atoms. The maximum absolute atomic E-state index is 12.9. The topological polar surface area (TPSA) is 40.6 Å². The van der Waals surface area contributed by atoms with E-state index in [0.717, 1.165) is 18.4 Å². The molecule has 0 N–H and O–H groups in total. The van der Waals surface area contributed by atoms with Gasteiger partial charge in [-0.1, -0.05) is 24.8 Å². The minimum Gasteiger partial charge on any atom is -0.335 e. The van der Waals surface area contributed by atoms with Crippen LogP contribution < -0.4 is 0 Å². The summed E-state index contributed by atoms with van der Waals surface area (Å²) in [4.78, 5) is 29.0. The fraction of sp³-hybridized carbons (Fsp3) is 0.474. The Bertz CT molecular complexity index is 653. The van der Waals surface area contributed by atoms with E-state index in [-0.39, 0.29) is 18.4 Å². The van der Waals surface area contributed by atoms with Crippen molar-refractivity contribution in [1.82, 2.24) is 9.80 Å². The largest absolute Gasteiger partial charge is 0.335 e. The third kappa shape index (κ3) is 2.46. The molecule has 3 aliphatic rings. The van der Waals surface area contributed by atoms with Crippen molar-refractivity contribution < 1.29 is 9.59 Å². The Hall–Kier alpha value is -2.10. The molecule has 2 amide bonds. The molecule has 1 aromatic carbocycles. The minimum absolute atomic E-state index is 0.0641. The second kappa shape index (κ2) is 5.22. The minimum atomic E-state index is -0.103. The zero-order valence-electron chi connectivity index (χ0n) is 13.5. The predicted molar refractivity (Wildman–Crippen MR) is 88.6 cm³/mol. The van der Waals surface area contributed by atoms with Crippen LogP contribution in [-0.2, 0) is 4.79 Å². The van der Waals surface area contributed by atoms with Crippen LogP contribution in [0.25, 0.3) is 5.70 Å². The Balaban J connectivity index is 1.52. The summed E-state index contributed by atoms with van der Waals surface area (Å²) < 4.78 is 0. The molecule has 4 rings (SSSR count). The first-order valence-electron chi connectivity index (χ1n) is 8.49. The lowest BCUT2D eigenvalue weighted by atomic mass is 10.1. The van der Waals surface area contributed by atoms with Crippen LogP contribution in [0.5, 0.6) is 0 Å². The monoisotopic (exact) mass is 310 g/mol. The third-order valence-electron chi connectivity index (χ3n) is 5.30. The summed E-state index contributed by atoms with van der Waals surface area (Å²) in [5.41, 5.74) is 2.14. The van der Waals surface area contributed by atoms with Gasteiger partial charge in [0.1, 0.15) is 6.54 Å². The molecule has 1 atom stereocenters. The molecule has 2 aliphatic carbocycles. The van der Waals surface area contributed by atoms with Gasteiger partial charge >= 0.3 is 0 Å². The molecule has 1 unspecified atom stereocenters. The summed E-state index contributed by atoms with van der Waals surface area (Å²) in [6, 6.07) is 8.12. The average molecular weight is 310 g/mol. The van der Waals surface area contributed by atoms with Crippen molar-refractivity contribution in [2.24, 2.45) is 5.92 Å². The third-order valence-corrected chi connectivity index (χ3v) is 5.30. The lowest BCUT2D eigenvalue weighted by molar-refractivity contribution is -0.134. The predicted octanol–water partition coefficient (Wildman–Crippen LogP) is 2.90. The van der Waals surface area contributed by atoms with Crippen molar-refractivity contribution in [2.45, 2.75) is 44.7 Å². The van der Waals surface area contributed by atoms with E-state index in [2.05, 4.69) is 13.5 Å². The number of nitrogens with zero attached hydrogens (tertiary/aromatic N) is 2. The quantitative estimate of drug-likeness (QED) is 0.839. The van der Waals surface area contributed by atoms with Gasteiger partial charge in [-0.2, -0.15) is 0 Å². The molecule has 0 spiro atoms. The van der Waals surface area contributed by atoms with Gasteiger partial charge in [0.25, 0.3) is 5.91 Å². The molecule has 2 fully saturated rings. The van der Waals surface area contributed by atoms with E-state index >= 15 is 0 Å². The standard InChI is InChI=1S/C19H22N2O2/c1-12(14-7-8-14)21(15-9-10-15)18(22)11-20-13(2)16-5-3-4-6-17(16)19(20)23/h3-6,12,14-15H,2,7-11H2,1H3. The molecule has 1 aromatic rings. The number of hydrogen-bond acceptors (Lipinski definition) is 2. The van der Waals surface area contributed by atoms with Gasteiger partial charge in [0, 0.05) is 28.9 Å². The van der Waals surface area contributed by atoms with Crippen LogP contribution in [0.3, 0.4) is 0 Å². The lowest BCUT2D eigenvalue weighted by Crippen LogP contribution is -2.46. The fourth-order valence-corrected chi connectivity index (χ4v) is 3.64. The van der Waals surface area contributed by atoms with E-state index in [1.165, 1.54) is 12.8 Å². The van der Waals surface area contributed by atoms with Gasteiger partial charge in [-0.3, -0.25) is 14.5 Å². The number of hydrogen-bond donors (Lipinski definition) is 0. The Morgan fingerprint density at radius 3 is 2.48 bits per heavy atom. The first-order valence-corrected chi connectivity index (χ1v) is 8.49. The van der Waals surface area contributed by atoms with Gasteiger partial charge in [-0.25, -0.2) is 0 Å². The van der Waals surface area contributed by atoms with Crippen LogP contribution in [0.4, 0.5) is 0 Å². The molecule has 1 heterocycles. The molecule has 0 bridgehead atoms. The highest BCUT2D eigenvalue weighted by Crippen LogP contribution is 2.40. The van der Waals surface area contributed by atoms with Gasteiger partial charge < -0.3 is 4.90 Å². The molecule has 0 aromatic heterocycles. The van der Waals surface area contributed by atoms with E-state index in [1.807, 2.05) is 23.1 Å². The van der Waals surface area contributed by atoms with Crippen molar-refractivity contribution in [3.63, 3.8) is 0 Å². The lowest BCUT2D eigenvalue weighted by Gasteiger charge is -2.31. The van der Waals surface area contributed by atoms with Gasteiger partial charge in [0.15, 0.2) is 0 Å². The van der Waals surface area contributed by atoms with E-state index in [9.17, 15) is 9.59 Å². The van der Waals surface area contributed by atoms with Crippen molar-refractivity contribution >= 4 is 17.5 Å². The highest BCUT2D eigenvalue weighted by molar-refractivity contribution is 6.10. The SMILES string of the molecule is C=C1c2ccccc2C(=O)N1CC(=O)N(C1CC1)C(C)C1CC1. The summed E-state index contributed by atoms with van der Waals surface area (Å²) in [6.45, 7) is 6.29. The fourth-order valence-electron chi connectivity index (χ4n) is 3.64. The van der Waals surface area contributed by atoms with Crippen LogP contribution in [0.2, 0.25) is 0 Å². The highest BCUT2D eigenvalue weighted by atomic mass is 16.2. The van der Waals surface area contributed by atoms with Crippen molar-refractivity contribution in [1.29, 1.82) is 0 Å². The van der Waals surface area contributed by atoms with Crippen LogP contribution in [-0.4, -0.2) is 40.2 Å². The summed E-state index contributed by atoms with van der Waals surface area (Å²) in [5, 5.41) is 0. The zero-order chi connectivity index (χ0) is 16.1. The van der Waals surface area contributed by atoms with Gasteiger partial charge in [0.2, 0.25) is 5.91 Å². The van der Waals surface area contributed by atoms with E-state index in [0.29, 0.717) is 29.3 Å². The molecule has 2 saturated carbocycles. The number of fused-ring (bicyclic) bond motifs is 1. The van der Waals surface area contributed by atoms with Gasteiger partial charge in [0.05, 0.1) is 0 Å². The maximum Gasteiger partial charge on any atom is 0.259 e. The van der Waals surface area contributed by atoms with Crippen molar-refractivity contribution in [3.8, 4) is 0 Å². The summed E-state index contributed by atoms with van der Waals surface area (Å²) in [6.07, 6.45) is 4.63. The Morgan fingerprint density at radius 1 is 1.26 bits per heavy atom. The summed E-state index contributed by atoms with van der Waals surface area (Å²) in [7, 11) is 0. The molecule has 1 aliphatic heterocycles. The van der Waals surface area contributed by atoms with E-state index < -0.39 is 0 Å². The van der Waals surface area contributed by atoms with Gasteiger partial charge in [-0.05, 0) is 44.6 Å². The van der Waals surface area contributed by atoms with Crippen LogP contribution in [0, 0.1) is 5.92 Å². The second-order valence-electron chi connectivity index (χ2n) is 6.99. The summed E-state index contributed by atoms with van der Waals surface area (Å²) >= 11 is 0. The van der Waals surface area contributed by atoms with E-state index in [4.69, 9.17) is 0 Å². The first kappa shape index (κ1) is 14.5.